The summed E-state index contributed by atoms with van der Waals surface area (Å²) in [4.78, 5) is 7.20. The molecule has 23 heavy (non-hydrogen) atoms. The van der Waals surface area contributed by atoms with E-state index in [0.717, 1.165) is 5.56 Å². The second kappa shape index (κ2) is 6.04. The number of nitrogens with one attached hydrogen (secondary N) is 1. The highest BCUT2D eigenvalue weighted by atomic mass is 35.5. The Morgan fingerprint density at radius 3 is 2.39 bits per heavy atom. The van der Waals surface area contributed by atoms with E-state index >= 15 is 0 Å². The number of nitrogens with zero attached hydrogens (tertiary/aromatic N) is 2. The minimum Gasteiger partial charge on any atom is -0.365 e. The molecule has 1 N–H and O–H groups in total. The van der Waals surface area contributed by atoms with E-state index in [1.54, 1.807) is 36.4 Å². The fourth-order valence-corrected chi connectivity index (χ4v) is 2.36. The van der Waals surface area contributed by atoms with Crippen LogP contribution in [0, 0.1) is 0 Å². The topological polar surface area (TPSA) is 37.8 Å². The highest BCUT2D eigenvalue weighted by Gasteiger charge is 2.35. The number of fused-ring (bicyclic) bond motifs is 1. The zero-order valence-corrected chi connectivity index (χ0v) is 12.5. The Labute approximate surface area is 135 Å². The molecule has 1 heterocycles. The number of hydrogen-bond acceptors (Lipinski definition) is 3. The van der Waals surface area contributed by atoms with Crippen molar-refractivity contribution >= 4 is 28.3 Å². The molecule has 0 aliphatic rings. The largest absolute Gasteiger partial charge is 0.451 e. The van der Waals surface area contributed by atoms with Crippen LogP contribution in [0.1, 0.15) is 11.4 Å². The van der Waals surface area contributed by atoms with Crippen molar-refractivity contribution in [1.29, 1.82) is 0 Å². The lowest BCUT2D eigenvalue weighted by atomic mass is 10.2. The third-order valence-electron chi connectivity index (χ3n) is 3.26. The van der Waals surface area contributed by atoms with Crippen LogP contribution in [0.25, 0.3) is 10.9 Å². The molecule has 0 fully saturated rings. The molecule has 3 rings (SSSR count). The Balaban J connectivity index is 2.00. The van der Waals surface area contributed by atoms with E-state index < -0.39 is 12.0 Å². The molecular weight excluding hydrogens is 327 g/mol. The first-order chi connectivity index (χ1) is 10.9. The van der Waals surface area contributed by atoms with E-state index in [0.29, 0.717) is 10.4 Å². The van der Waals surface area contributed by atoms with Gasteiger partial charge in [0.25, 0.3) is 0 Å². The Morgan fingerprint density at radius 2 is 1.65 bits per heavy atom. The maximum atomic E-state index is 12.9. The second-order valence-corrected chi connectivity index (χ2v) is 5.26. The van der Waals surface area contributed by atoms with Crippen LogP contribution in [0.3, 0.4) is 0 Å². The number of para-hydroxylation sites is 1. The molecule has 0 unspecified atom stereocenters. The van der Waals surface area contributed by atoms with Crippen molar-refractivity contribution in [3.05, 3.63) is 64.9 Å². The average Bonchev–Trinajstić information content (AvgIpc) is 2.52. The molecule has 0 radical (unpaired) electrons. The number of alkyl halides is 3. The van der Waals surface area contributed by atoms with Crippen molar-refractivity contribution < 1.29 is 13.2 Å². The van der Waals surface area contributed by atoms with E-state index in [4.69, 9.17) is 11.6 Å². The van der Waals surface area contributed by atoms with Gasteiger partial charge in [-0.3, -0.25) is 0 Å². The number of hydrogen-bond donors (Lipinski definition) is 1. The normalized spacial score (nSPS) is 11.7. The van der Waals surface area contributed by atoms with Crippen molar-refractivity contribution in [2.24, 2.45) is 0 Å². The first-order valence-corrected chi connectivity index (χ1v) is 7.14. The van der Waals surface area contributed by atoms with Crippen molar-refractivity contribution in [3.8, 4) is 0 Å². The Kier molecular flexibility index (Phi) is 4.09. The molecule has 7 heteroatoms. The van der Waals surface area contributed by atoms with Gasteiger partial charge >= 0.3 is 6.18 Å². The van der Waals surface area contributed by atoms with Gasteiger partial charge < -0.3 is 5.32 Å². The quantitative estimate of drug-likeness (QED) is 0.737. The third-order valence-corrected chi connectivity index (χ3v) is 3.63. The summed E-state index contributed by atoms with van der Waals surface area (Å²) < 4.78 is 38.8. The number of rotatable bonds is 3. The summed E-state index contributed by atoms with van der Waals surface area (Å²) >= 11 is 6.06. The first-order valence-electron chi connectivity index (χ1n) is 6.76. The summed E-state index contributed by atoms with van der Waals surface area (Å²) in [6, 6.07) is 13.7. The van der Waals surface area contributed by atoms with E-state index in [9.17, 15) is 13.2 Å². The van der Waals surface area contributed by atoms with Crippen molar-refractivity contribution in [3.63, 3.8) is 0 Å². The molecule has 2 aromatic carbocycles. The Hall–Kier alpha value is -2.34. The van der Waals surface area contributed by atoms with Gasteiger partial charge in [0.2, 0.25) is 5.82 Å². The molecule has 0 saturated carbocycles. The maximum absolute atomic E-state index is 12.9. The third kappa shape index (κ3) is 3.37. The average molecular weight is 338 g/mol. The number of halogens is 4. The van der Waals surface area contributed by atoms with Crippen LogP contribution in [-0.4, -0.2) is 9.97 Å². The fraction of sp³-hybridized carbons (Fsp3) is 0.125. The van der Waals surface area contributed by atoms with E-state index in [1.165, 1.54) is 6.07 Å². The smallest absolute Gasteiger partial charge is 0.365 e. The minimum absolute atomic E-state index is 0.128. The van der Waals surface area contributed by atoms with Crippen LogP contribution in [0.15, 0.2) is 48.5 Å². The zero-order chi connectivity index (χ0) is 16.4. The molecule has 0 amide bonds. The molecule has 3 nitrogen and oxygen atoms in total. The van der Waals surface area contributed by atoms with Gasteiger partial charge in [-0.15, -0.1) is 0 Å². The van der Waals surface area contributed by atoms with Crippen LogP contribution in [0.5, 0.6) is 0 Å². The molecule has 0 aliphatic carbocycles. The van der Waals surface area contributed by atoms with E-state index in [-0.39, 0.29) is 17.9 Å². The van der Waals surface area contributed by atoms with E-state index in [1.807, 2.05) is 6.07 Å². The summed E-state index contributed by atoms with van der Waals surface area (Å²) in [5.41, 5.74) is 1.00. The fourth-order valence-electron chi connectivity index (χ4n) is 2.16. The standard InChI is InChI=1S/C16H11ClF3N3/c17-12-7-3-1-5-10(12)9-21-14-11-6-2-4-8-13(11)22-15(23-14)16(18,19)20/h1-8H,9H2,(H,21,22,23). The number of benzene rings is 2. The molecule has 1 aromatic heterocycles. The maximum Gasteiger partial charge on any atom is 0.451 e. The highest BCUT2D eigenvalue weighted by Crippen LogP contribution is 2.30. The summed E-state index contributed by atoms with van der Waals surface area (Å²) in [5, 5.41) is 3.98. The SMILES string of the molecule is FC(F)(F)c1nc(NCc2ccccc2Cl)c2ccccc2n1. The molecule has 118 valence electrons. The number of aromatic nitrogens is 2. The predicted molar refractivity (Wildman–Crippen MR) is 83.3 cm³/mol. The van der Waals surface area contributed by atoms with Gasteiger partial charge in [0.05, 0.1) is 5.52 Å². The molecule has 0 spiro atoms. The van der Waals surface area contributed by atoms with Gasteiger partial charge in [-0.2, -0.15) is 13.2 Å². The van der Waals surface area contributed by atoms with Gasteiger partial charge in [0.1, 0.15) is 5.82 Å². The molecule has 0 aliphatic heterocycles. The molecule has 0 saturated heterocycles. The van der Waals surface area contributed by atoms with Crippen LogP contribution in [0.4, 0.5) is 19.0 Å². The predicted octanol–water partition coefficient (Wildman–Crippen LogP) is 4.91. The van der Waals surface area contributed by atoms with Gasteiger partial charge in [-0.25, -0.2) is 9.97 Å². The second-order valence-electron chi connectivity index (χ2n) is 4.86. The van der Waals surface area contributed by atoms with E-state index in [2.05, 4.69) is 15.3 Å². The first kappa shape index (κ1) is 15.6. The molecule has 0 bridgehead atoms. The Bertz CT molecular complexity index is 849. The highest BCUT2D eigenvalue weighted by molar-refractivity contribution is 6.31. The monoisotopic (exact) mass is 337 g/mol. The molecular formula is C16H11ClF3N3. The molecule has 3 aromatic rings. The lowest BCUT2D eigenvalue weighted by Crippen LogP contribution is -2.13. The Morgan fingerprint density at radius 1 is 0.957 bits per heavy atom. The zero-order valence-electron chi connectivity index (χ0n) is 11.7. The van der Waals surface area contributed by atoms with Gasteiger partial charge in [0.15, 0.2) is 0 Å². The molecule has 0 atom stereocenters. The van der Waals surface area contributed by atoms with Gasteiger partial charge in [-0.05, 0) is 23.8 Å². The van der Waals surface area contributed by atoms with Crippen molar-refractivity contribution in [2.45, 2.75) is 12.7 Å². The van der Waals surface area contributed by atoms with Crippen LogP contribution in [-0.2, 0) is 12.7 Å². The van der Waals surface area contributed by atoms with Crippen molar-refractivity contribution in [2.75, 3.05) is 5.32 Å². The van der Waals surface area contributed by atoms with Crippen LogP contribution >= 0.6 is 11.6 Å². The summed E-state index contributed by atoms with van der Waals surface area (Å²) in [6.45, 7) is 0.262. The lowest BCUT2D eigenvalue weighted by Gasteiger charge is -2.12. The van der Waals surface area contributed by atoms with Crippen LogP contribution in [0.2, 0.25) is 5.02 Å². The van der Waals surface area contributed by atoms with Crippen LogP contribution < -0.4 is 5.32 Å². The summed E-state index contributed by atoms with van der Waals surface area (Å²) in [7, 11) is 0. The number of anilines is 1. The van der Waals surface area contributed by atoms with Crippen molar-refractivity contribution in [1.82, 2.24) is 9.97 Å². The van der Waals surface area contributed by atoms with Gasteiger partial charge in [0, 0.05) is 17.0 Å². The van der Waals surface area contributed by atoms with Gasteiger partial charge in [-0.1, -0.05) is 41.9 Å². The minimum atomic E-state index is -4.61. The lowest BCUT2D eigenvalue weighted by molar-refractivity contribution is -0.144. The summed E-state index contributed by atoms with van der Waals surface area (Å²) in [6.07, 6.45) is -4.61. The summed E-state index contributed by atoms with van der Waals surface area (Å²) in [5.74, 6) is -1.04.